The molecule has 0 spiro atoms. The van der Waals surface area contributed by atoms with Crippen LogP contribution in [0.2, 0.25) is 0 Å². The van der Waals surface area contributed by atoms with Crippen molar-refractivity contribution >= 4 is 11.7 Å². The zero-order valence-electron chi connectivity index (χ0n) is 7.07. The van der Waals surface area contributed by atoms with E-state index >= 15 is 0 Å². The largest absolute Gasteiger partial charge is 0.468 e. The first-order valence-corrected chi connectivity index (χ1v) is 3.51. The Kier molecular flexibility index (Phi) is 2.68. The Hall–Kier alpha value is -1.52. The van der Waals surface area contributed by atoms with Gasteiger partial charge in [0.2, 0.25) is 0 Å². The number of nitrogens with zero attached hydrogens (tertiary/aromatic N) is 2. The Bertz CT molecular complexity index is 269. The Labute approximate surface area is 70.3 Å². The van der Waals surface area contributed by atoms with Crippen LogP contribution in [0.25, 0.3) is 0 Å². The molecule has 5 heteroatoms. The van der Waals surface area contributed by atoms with E-state index < -0.39 is 0 Å². The predicted octanol–water partition coefficient (Wildman–Crippen LogP) is 0.00500. The van der Waals surface area contributed by atoms with Gasteiger partial charge in [0.1, 0.15) is 6.54 Å². The van der Waals surface area contributed by atoms with Crippen LogP contribution in [0.15, 0.2) is 12.4 Å². The fourth-order valence-electron chi connectivity index (χ4n) is 0.759. The number of hydrogen-bond acceptors (Lipinski definition) is 4. The molecule has 0 aliphatic carbocycles. The number of ether oxygens (including phenoxy) is 1. The number of carbonyl (C=O) groups excluding carboxylic acids is 1. The van der Waals surface area contributed by atoms with E-state index in [2.05, 4.69) is 15.2 Å². The molecule has 0 fully saturated rings. The molecule has 0 bridgehead atoms. The average molecular weight is 169 g/mol. The number of hydrogen-bond donors (Lipinski definition) is 1. The highest BCUT2D eigenvalue weighted by atomic mass is 16.5. The zero-order chi connectivity index (χ0) is 8.97. The molecule has 1 aromatic heterocycles. The second-order valence-electron chi connectivity index (χ2n) is 2.33. The van der Waals surface area contributed by atoms with Crippen molar-refractivity contribution in [3.05, 3.63) is 12.4 Å². The lowest BCUT2D eigenvalue weighted by Gasteiger charge is -1.99. The molecular weight excluding hydrogens is 158 g/mol. The zero-order valence-corrected chi connectivity index (χ0v) is 7.07. The quantitative estimate of drug-likeness (QED) is 0.647. The van der Waals surface area contributed by atoms with E-state index in [1.165, 1.54) is 7.11 Å². The van der Waals surface area contributed by atoms with Crippen LogP contribution in [0.5, 0.6) is 0 Å². The summed E-state index contributed by atoms with van der Waals surface area (Å²) in [7, 11) is 3.16. The summed E-state index contributed by atoms with van der Waals surface area (Å²) in [6.45, 7) is 0.169. The molecule has 1 rings (SSSR count). The van der Waals surface area contributed by atoms with Crippen LogP contribution in [0, 0.1) is 0 Å². The maximum absolute atomic E-state index is 10.7. The molecule has 0 saturated heterocycles. The molecule has 1 heterocycles. The van der Waals surface area contributed by atoms with Gasteiger partial charge in [-0.2, -0.15) is 5.10 Å². The van der Waals surface area contributed by atoms with Crippen molar-refractivity contribution in [3.63, 3.8) is 0 Å². The second-order valence-corrected chi connectivity index (χ2v) is 2.33. The number of esters is 1. The number of methoxy groups -OCH3 is 1. The van der Waals surface area contributed by atoms with Crippen molar-refractivity contribution in [2.45, 2.75) is 0 Å². The molecule has 0 amide bonds. The van der Waals surface area contributed by atoms with E-state index in [1.807, 2.05) is 7.05 Å². The van der Waals surface area contributed by atoms with Crippen molar-refractivity contribution in [2.75, 3.05) is 19.0 Å². The van der Waals surface area contributed by atoms with Crippen LogP contribution in [0.3, 0.4) is 0 Å². The third kappa shape index (κ3) is 2.26. The van der Waals surface area contributed by atoms with Gasteiger partial charge >= 0.3 is 5.97 Å². The lowest BCUT2D eigenvalue weighted by Crippen LogP contribution is -2.14. The molecule has 1 aromatic rings. The fourth-order valence-corrected chi connectivity index (χ4v) is 0.759. The Morgan fingerprint density at radius 1 is 1.83 bits per heavy atom. The SMILES string of the molecule is COC(=O)CNc1cnn(C)c1. The highest BCUT2D eigenvalue weighted by molar-refractivity contribution is 5.74. The molecule has 0 unspecified atom stereocenters. The minimum atomic E-state index is -0.293. The molecule has 0 radical (unpaired) electrons. The third-order valence-electron chi connectivity index (χ3n) is 1.37. The molecule has 0 saturated carbocycles. The van der Waals surface area contributed by atoms with Gasteiger partial charge in [-0.25, -0.2) is 0 Å². The van der Waals surface area contributed by atoms with Crippen LogP contribution in [0.4, 0.5) is 5.69 Å². The standard InChI is InChI=1S/C7H11N3O2/c1-10-5-6(3-9-10)8-4-7(11)12-2/h3,5,8H,4H2,1-2H3. The van der Waals surface area contributed by atoms with Crippen LogP contribution >= 0.6 is 0 Å². The molecule has 1 N–H and O–H groups in total. The number of aromatic nitrogens is 2. The first-order valence-electron chi connectivity index (χ1n) is 3.51. The van der Waals surface area contributed by atoms with E-state index in [0.717, 1.165) is 5.69 Å². The van der Waals surface area contributed by atoms with Crippen molar-refractivity contribution in [3.8, 4) is 0 Å². The van der Waals surface area contributed by atoms with E-state index in [1.54, 1.807) is 17.1 Å². The van der Waals surface area contributed by atoms with Gasteiger partial charge < -0.3 is 10.1 Å². The van der Waals surface area contributed by atoms with Gasteiger partial charge in [-0.1, -0.05) is 0 Å². The van der Waals surface area contributed by atoms with E-state index in [-0.39, 0.29) is 12.5 Å². The molecular formula is C7H11N3O2. The van der Waals surface area contributed by atoms with Crippen molar-refractivity contribution in [2.24, 2.45) is 7.05 Å². The van der Waals surface area contributed by atoms with E-state index in [0.29, 0.717) is 0 Å². The molecule has 66 valence electrons. The monoisotopic (exact) mass is 169 g/mol. The number of aryl methyl sites for hydroxylation is 1. The van der Waals surface area contributed by atoms with Crippen molar-refractivity contribution < 1.29 is 9.53 Å². The summed E-state index contributed by atoms with van der Waals surface area (Å²) >= 11 is 0. The lowest BCUT2D eigenvalue weighted by atomic mass is 10.5. The fraction of sp³-hybridized carbons (Fsp3) is 0.429. The Morgan fingerprint density at radius 3 is 3.08 bits per heavy atom. The highest BCUT2D eigenvalue weighted by Crippen LogP contribution is 2.01. The number of rotatable bonds is 3. The van der Waals surface area contributed by atoms with Gasteiger partial charge in [0.25, 0.3) is 0 Å². The van der Waals surface area contributed by atoms with Crippen molar-refractivity contribution in [1.29, 1.82) is 0 Å². The summed E-state index contributed by atoms with van der Waals surface area (Å²) in [4.78, 5) is 10.7. The van der Waals surface area contributed by atoms with Gasteiger partial charge in [0, 0.05) is 13.2 Å². The minimum Gasteiger partial charge on any atom is -0.468 e. The highest BCUT2D eigenvalue weighted by Gasteiger charge is 1.99. The maximum atomic E-state index is 10.7. The summed E-state index contributed by atoms with van der Waals surface area (Å²) in [5, 5.41) is 6.78. The van der Waals surface area contributed by atoms with E-state index in [9.17, 15) is 4.79 Å². The van der Waals surface area contributed by atoms with Crippen LogP contribution in [-0.4, -0.2) is 29.4 Å². The predicted molar refractivity (Wildman–Crippen MR) is 43.7 cm³/mol. The Balaban J connectivity index is 2.38. The summed E-state index contributed by atoms with van der Waals surface area (Å²) in [6.07, 6.45) is 3.42. The first kappa shape index (κ1) is 8.58. The number of nitrogens with one attached hydrogen (secondary N) is 1. The first-order chi connectivity index (χ1) is 5.72. The number of carbonyl (C=O) groups is 1. The van der Waals surface area contributed by atoms with Gasteiger partial charge in [-0.05, 0) is 0 Å². The van der Waals surface area contributed by atoms with Crippen LogP contribution < -0.4 is 5.32 Å². The molecule has 12 heavy (non-hydrogen) atoms. The van der Waals surface area contributed by atoms with Crippen LogP contribution in [-0.2, 0) is 16.6 Å². The normalized spacial score (nSPS) is 9.50. The molecule has 0 aromatic carbocycles. The summed E-state index contributed by atoms with van der Waals surface area (Å²) in [5.41, 5.74) is 0.808. The van der Waals surface area contributed by atoms with Crippen LogP contribution in [0.1, 0.15) is 0 Å². The summed E-state index contributed by atoms with van der Waals surface area (Å²) in [6, 6.07) is 0. The smallest absolute Gasteiger partial charge is 0.325 e. The second kappa shape index (κ2) is 3.75. The van der Waals surface area contributed by atoms with Gasteiger partial charge in [0.15, 0.2) is 0 Å². The molecule has 0 aliphatic heterocycles. The lowest BCUT2D eigenvalue weighted by molar-refractivity contribution is -0.138. The minimum absolute atomic E-state index is 0.169. The van der Waals surface area contributed by atoms with Gasteiger partial charge in [0.05, 0.1) is 19.0 Å². The van der Waals surface area contributed by atoms with E-state index in [4.69, 9.17) is 0 Å². The molecule has 5 nitrogen and oxygen atoms in total. The summed E-state index contributed by atoms with van der Waals surface area (Å²) in [5.74, 6) is -0.293. The molecule has 0 atom stereocenters. The summed E-state index contributed by atoms with van der Waals surface area (Å²) < 4.78 is 6.10. The van der Waals surface area contributed by atoms with Gasteiger partial charge in [-0.15, -0.1) is 0 Å². The maximum Gasteiger partial charge on any atom is 0.325 e. The Morgan fingerprint density at radius 2 is 2.58 bits per heavy atom. The number of anilines is 1. The van der Waals surface area contributed by atoms with Crippen molar-refractivity contribution in [1.82, 2.24) is 9.78 Å². The third-order valence-corrected chi connectivity index (χ3v) is 1.37. The average Bonchev–Trinajstić information content (AvgIpc) is 2.47. The van der Waals surface area contributed by atoms with Gasteiger partial charge in [-0.3, -0.25) is 9.48 Å². The topological polar surface area (TPSA) is 56.1 Å². The molecule has 0 aliphatic rings.